The Bertz CT molecular complexity index is 727. The molecular weight excluding hydrogens is 462 g/mol. The van der Waals surface area contributed by atoms with E-state index in [1.54, 1.807) is 41.5 Å². The van der Waals surface area contributed by atoms with E-state index in [0.29, 0.717) is 25.9 Å². The van der Waals surface area contributed by atoms with E-state index in [1.165, 1.54) is 0 Å². The first-order chi connectivity index (χ1) is 16.3. The Morgan fingerprint density at radius 3 is 1.67 bits per heavy atom. The van der Waals surface area contributed by atoms with Gasteiger partial charge in [-0.25, -0.2) is 4.79 Å². The molecule has 0 unspecified atom stereocenters. The van der Waals surface area contributed by atoms with E-state index < -0.39 is 35.2 Å². The first-order valence-electron chi connectivity index (χ1n) is 12.7. The minimum absolute atomic E-state index is 0.0351. The third-order valence-electron chi connectivity index (χ3n) is 4.55. The molecule has 0 rings (SSSR count). The molecule has 0 aromatic carbocycles. The van der Waals surface area contributed by atoms with Crippen LogP contribution >= 0.6 is 0 Å². The maximum absolute atomic E-state index is 12.7. The summed E-state index contributed by atoms with van der Waals surface area (Å²) in [5.74, 6) is -1.08. The van der Waals surface area contributed by atoms with Gasteiger partial charge in [-0.2, -0.15) is 0 Å². The lowest BCUT2D eigenvalue weighted by Gasteiger charge is -2.24. The molecule has 3 N–H and O–H groups in total. The average Bonchev–Trinajstić information content (AvgIpc) is 2.64. The third kappa shape index (κ3) is 18.7. The zero-order chi connectivity index (χ0) is 28.2. The van der Waals surface area contributed by atoms with E-state index in [-0.39, 0.29) is 23.7 Å². The van der Waals surface area contributed by atoms with Gasteiger partial charge in [0, 0.05) is 19.0 Å². The van der Waals surface area contributed by atoms with E-state index >= 15 is 0 Å². The summed E-state index contributed by atoms with van der Waals surface area (Å²) in [4.78, 5) is 49.2. The van der Waals surface area contributed by atoms with E-state index in [4.69, 9.17) is 9.47 Å². The van der Waals surface area contributed by atoms with Crippen molar-refractivity contribution in [2.24, 2.45) is 11.3 Å². The minimum Gasteiger partial charge on any atom is -0.460 e. The van der Waals surface area contributed by atoms with Crippen molar-refractivity contribution in [3.8, 4) is 0 Å². The topological polar surface area (TPSA) is 123 Å². The Balaban J connectivity index is 4.60. The minimum atomic E-state index is -1.12. The van der Waals surface area contributed by atoms with Gasteiger partial charge in [-0.15, -0.1) is 0 Å². The average molecular weight is 512 g/mol. The maximum Gasteiger partial charge on any atom is 0.408 e. The van der Waals surface area contributed by atoms with Crippen LogP contribution in [-0.2, 0) is 23.9 Å². The molecule has 3 amide bonds. The quantitative estimate of drug-likeness (QED) is 0.204. The number of amides is 3. The molecular formula is C27H49N3O6. The Hall–Kier alpha value is -2.58. The van der Waals surface area contributed by atoms with Gasteiger partial charge in [-0.3, -0.25) is 14.4 Å². The summed E-state index contributed by atoms with van der Waals surface area (Å²) in [6.07, 6.45) is 4.82. The molecule has 0 aliphatic carbocycles. The molecule has 9 heteroatoms. The zero-order valence-electron chi connectivity index (χ0n) is 24.0. The largest absolute Gasteiger partial charge is 0.460 e. The molecule has 36 heavy (non-hydrogen) atoms. The molecule has 0 aliphatic rings. The number of alkyl carbamates (subject to hydrolysis) is 1. The van der Waals surface area contributed by atoms with Crippen LogP contribution in [0.5, 0.6) is 0 Å². The van der Waals surface area contributed by atoms with Crippen molar-refractivity contribution >= 4 is 23.9 Å². The van der Waals surface area contributed by atoms with Crippen molar-refractivity contribution in [2.75, 3.05) is 13.1 Å². The van der Waals surface area contributed by atoms with Gasteiger partial charge in [0.1, 0.15) is 17.2 Å². The fourth-order valence-electron chi connectivity index (χ4n) is 3.31. The van der Waals surface area contributed by atoms with Crippen LogP contribution in [0.2, 0.25) is 0 Å². The third-order valence-corrected chi connectivity index (χ3v) is 4.55. The number of ether oxygens (including phenoxy) is 2. The Labute approximate surface area is 217 Å². The summed E-state index contributed by atoms with van der Waals surface area (Å²) >= 11 is 0. The lowest BCUT2D eigenvalue weighted by molar-refractivity contribution is -0.156. The standard InChI is InChI=1S/C27H49N3O6/c1-19(18-25(2,3)4)22(32)28-15-13-11-12-14-16-29-23(33)20(17-21(31)35-26(5,6)7)30-24(34)36-27(8,9)10/h11-12,19-20H,13-18H2,1-10H3,(H,28,32)(H,29,33)(H,30,34)/b12-11-/t19-,20-/m0/s1. The van der Waals surface area contributed by atoms with Crippen molar-refractivity contribution in [3.63, 3.8) is 0 Å². The van der Waals surface area contributed by atoms with Crippen LogP contribution in [-0.4, -0.2) is 54.2 Å². The number of carbonyl (C=O) groups excluding carboxylic acids is 4. The van der Waals surface area contributed by atoms with Crippen molar-refractivity contribution in [1.29, 1.82) is 0 Å². The predicted molar refractivity (Wildman–Crippen MR) is 141 cm³/mol. The molecule has 9 nitrogen and oxygen atoms in total. The number of carbonyl (C=O) groups is 4. The van der Waals surface area contributed by atoms with Crippen LogP contribution in [0.1, 0.15) is 94.9 Å². The summed E-state index contributed by atoms with van der Waals surface area (Å²) in [5, 5.41) is 8.13. The molecule has 0 bridgehead atoms. The molecule has 0 saturated carbocycles. The lowest BCUT2D eigenvalue weighted by Crippen LogP contribution is -2.49. The predicted octanol–water partition coefficient (Wildman–Crippen LogP) is 4.25. The second-order valence-electron chi connectivity index (χ2n) is 12.3. The molecule has 0 fully saturated rings. The van der Waals surface area contributed by atoms with Crippen LogP contribution in [0.25, 0.3) is 0 Å². The van der Waals surface area contributed by atoms with Crippen molar-refractivity contribution < 1.29 is 28.7 Å². The first-order valence-corrected chi connectivity index (χ1v) is 12.7. The smallest absolute Gasteiger partial charge is 0.408 e. The Morgan fingerprint density at radius 1 is 0.750 bits per heavy atom. The lowest BCUT2D eigenvalue weighted by atomic mass is 9.85. The fraction of sp³-hybridized carbons (Fsp3) is 0.778. The molecule has 0 aromatic rings. The summed E-state index contributed by atoms with van der Waals surface area (Å²) in [6.45, 7) is 19.5. The van der Waals surface area contributed by atoms with Crippen LogP contribution in [0.15, 0.2) is 12.2 Å². The van der Waals surface area contributed by atoms with Crippen LogP contribution in [0.3, 0.4) is 0 Å². The first kappa shape index (κ1) is 33.4. The number of rotatable bonds is 12. The highest BCUT2D eigenvalue weighted by Gasteiger charge is 2.28. The van der Waals surface area contributed by atoms with E-state index in [9.17, 15) is 19.2 Å². The van der Waals surface area contributed by atoms with Gasteiger partial charge >= 0.3 is 12.1 Å². The molecule has 0 aliphatic heterocycles. The van der Waals surface area contributed by atoms with E-state index in [2.05, 4.69) is 36.7 Å². The molecule has 0 radical (unpaired) electrons. The highest BCUT2D eigenvalue weighted by Crippen LogP contribution is 2.24. The Kier molecular flexibility index (Phi) is 13.8. The number of hydrogen-bond acceptors (Lipinski definition) is 6. The summed E-state index contributed by atoms with van der Waals surface area (Å²) < 4.78 is 10.5. The summed E-state index contributed by atoms with van der Waals surface area (Å²) in [5.41, 5.74) is -1.35. The van der Waals surface area contributed by atoms with Gasteiger partial charge < -0.3 is 25.4 Å². The maximum atomic E-state index is 12.7. The number of nitrogens with one attached hydrogen (secondary N) is 3. The molecule has 208 valence electrons. The van der Waals surface area contributed by atoms with Crippen molar-refractivity contribution in [3.05, 3.63) is 12.2 Å². The van der Waals surface area contributed by atoms with Crippen molar-refractivity contribution in [1.82, 2.24) is 16.0 Å². The molecule has 0 spiro atoms. The molecule has 0 aromatic heterocycles. The van der Waals surface area contributed by atoms with Gasteiger partial charge in [0.05, 0.1) is 6.42 Å². The molecule has 0 saturated heterocycles. The number of esters is 1. The zero-order valence-corrected chi connectivity index (χ0v) is 24.0. The second-order valence-corrected chi connectivity index (χ2v) is 12.3. The molecule has 0 heterocycles. The van der Waals surface area contributed by atoms with Gasteiger partial charge in [0.2, 0.25) is 11.8 Å². The van der Waals surface area contributed by atoms with E-state index in [0.717, 1.165) is 6.42 Å². The van der Waals surface area contributed by atoms with Crippen LogP contribution < -0.4 is 16.0 Å². The summed E-state index contributed by atoms with van der Waals surface area (Å²) in [7, 11) is 0. The normalized spacial score (nSPS) is 14.1. The highest BCUT2D eigenvalue weighted by atomic mass is 16.6. The SMILES string of the molecule is C[C@@H](CC(C)(C)C)C(=O)NCC/C=C\CCNC(=O)[C@H](CC(=O)OC(C)(C)C)NC(=O)OC(C)(C)C. The Morgan fingerprint density at radius 2 is 1.22 bits per heavy atom. The van der Waals surface area contributed by atoms with Gasteiger partial charge in [0.25, 0.3) is 0 Å². The molecule has 2 atom stereocenters. The van der Waals surface area contributed by atoms with Crippen molar-refractivity contribution in [2.45, 2.75) is 112 Å². The van der Waals surface area contributed by atoms with Gasteiger partial charge in [-0.05, 0) is 66.2 Å². The second kappa shape index (κ2) is 14.9. The van der Waals surface area contributed by atoms with Gasteiger partial charge in [0.15, 0.2) is 0 Å². The fourth-order valence-corrected chi connectivity index (χ4v) is 3.31. The number of hydrogen-bond donors (Lipinski definition) is 3. The monoisotopic (exact) mass is 511 g/mol. The van der Waals surface area contributed by atoms with E-state index in [1.807, 2.05) is 19.1 Å². The van der Waals surface area contributed by atoms with Crippen LogP contribution in [0.4, 0.5) is 4.79 Å². The van der Waals surface area contributed by atoms with Crippen LogP contribution in [0, 0.1) is 11.3 Å². The summed E-state index contributed by atoms with van der Waals surface area (Å²) in [6, 6.07) is -1.12. The van der Waals surface area contributed by atoms with Gasteiger partial charge in [-0.1, -0.05) is 39.8 Å². The highest BCUT2D eigenvalue weighted by molar-refractivity contribution is 5.89.